The van der Waals surface area contributed by atoms with Crippen molar-refractivity contribution in [3.8, 4) is 0 Å². The normalized spacial score (nSPS) is 10.8. The number of hydrogen-bond donors (Lipinski definition) is 0. The molecule has 0 N–H and O–H groups in total. The highest BCUT2D eigenvalue weighted by atomic mass is 35.5. The molecule has 1 aromatic carbocycles. The average molecular weight is 226 g/mol. The second kappa shape index (κ2) is 5.51. The zero-order valence-corrected chi connectivity index (χ0v) is 9.20. The molecule has 0 bridgehead atoms. The Hall–Kier alpha value is -1.35. The Morgan fingerprint density at radius 1 is 1.47 bits per heavy atom. The van der Waals surface area contributed by atoms with Crippen LogP contribution in [0.5, 0.6) is 0 Å². The van der Waals surface area contributed by atoms with Crippen molar-refractivity contribution in [2.75, 3.05) is 5.88 Å². The van der Waals surface area contributed by atoms with Crippen molar-refractivity contribution in [2.45, 2.75) is 13.3 Å². The number of nitro groups is 1. The average Bonchev–Trinajstić information content (AvgIpc) is 2.20. The lowest BCUT2D eigenvalue weighted by Crippen LogP contribution is -1.95. The van der Waals surface area contributed by atoms with E-state index < -0.39 is 0 Å². The Balaban J connectivity index is 2.94. The summed E-state index contributed by atoms with van der Waals surface area (Å²) >= 11 is 5.49. The van der Waals surface area contributed by atoms with E-state index in [1.165, 1.54) is 6.07 Å². The summed E-state index contributed by atoms with van der Waals surface area (Å²) in [5.41, 5.74) is 1.86. The van der Waals surface area contributed by atoms with Crippen LogP contribution in [0, 0.1) is 17.0 Å². The van der Waals surface area contributed by atoms with Crippen LogP contribution in [0.15, 0.2) is 30.4 Å². The van der Waals surface area contributed by atoms with E-state index in [-0.39, 0.29) is 10.6 Å². The number of nitro benzene ring substituents is 1. The lowest BCUT2D eigenvalue weighted by Gasteiger charge is -2.02. The molecule has 0 aliphatic heterocycles. The van der Waals surface area contributed by atoms with Crippen LogP contribution in [-0.4, -0.2) is 10.8 Å². The monoisotopic (exact) mass is 225 g/mol. The highest BCUT2D eigenvalue weighted by molar-refractivity contribution is 6.18. The van der Waals surface area contributed by atoms with Gasteiger partial charge in [-0.25, -0.2) is 0 Å². The van der Waals surface area contributed by atoms with Gasteiger partial charge in [0.25, 0.3) is 5.69 Å². The fraction of sp³-hybridized carbons (Fsp3) is 0.273. The van der Waals surface area contributed by atoms with E-state index in [4.69, 9.17) is 11.6 Å². The molecule has 0 heterocycles. The highest BCUT2D eigenvalue weighted by Crippen LogP contribution is 2.21. The van der Waals surface area contributed by atoms with Crippen molar-refractivity contribution in [3.05, 3.63) is 51.6 Å². The minimum atomic E-state index is -0.357. The van der Waals surface area contributed by atoms with Crippen LogP contribution < -0.4 is 0 Å². The Bertz CT molecular complexity index is 388. The molecule has 0 aliphatic carbocycles. The Morgan fingerprint density at radius 3 is 2.80 bits per heavy atom. The van der Waals surface area contributed by atoms with Gasteiger partial charge < -0.3 is 0 Å². The number of hydrogen-bond acceptors (Lipinski definition) is 2. The van der Waals surface area contributed by atoms with Crippen LogP contribution in [0.25, 0.3) is 0 Å². The molecule has 0 unspecified atom stereocenters. The van der Waals surface area contributed by atoms with Crippen LogP contribution >= 0.6 is 11.6 Å². The van der Waals surface area contributed by atoms with Crippen LogP contribution in [0.1, 0.15) is 11.1 Å². The Labute approximate surface area is 93.5 Å². The fourth-order valence-corrected chi connectivity index (χ4v) is 1.49. The molecule has 0 amide bonds. The zero-order chi connectivity index (χ0) is 11.3. The van der Waals surface area contributed by atoms with Gasteiger partial charge in [0.05, 0.1) is 4.92 Å². The van der Waals surface area contributed by atoms with Crippen molar-refractivity contribution in [2.24, 2.45) is 0 Å². The van der Waals surface area contributed by atoms with Crippen LogP contribution in [0.2, 0.25) is 0 Å². The summed E-state index contributed by atoms with van der Waals surface area (Å²) < 4.78 is 0. The lowest BCUT2D eigenvalue weighted by atomic mass is 10.0. The number of halogens is 1. The first-order valence-electron chi connectivity index (χ1n) is 4.60. The van der Waals surface area contributed by atoms with Gasteiger partial charge in [0.1, 0.15) is 0 Å². The van der Waals surface area contributed by atoms with Gasteiger partial charge in [0, 0.05) is 17.5 Å². The quantitative estimate of drug-likeness (QED) is 0.342. The molecule has 4 heteroatoms. The van der Waals surface area contributed by atoms with Gasteiger partial charge >= 0.3 is 0 Å². The molecule has 0 spiro atoms. The maximum atomic E-state index is 10.7. The summed E-state index contributed by atoms with van der Waals surface area (Å²) in [5, 5.41) is 10.7. The Morgan fingerprint density at radius 2 is 2.20 bits per heavy atom. The summed E-state index contributed by atoms with van der Waals surface area (Å²) in [5.74, 6) is 0.466. The van der Waals surface area contributed by atoms with E-state index in [2.05, 4.69) is 0 Å². The molecule has 0 atom stereocenters. The van der Waals surface area contributed by atoms with Gasteiger partial charge in [-0.3, -0.25) is 10.1 Å². The van der Waals surface area contributed by atoms with Crippen molar-refractivity contribution in [1.29, 1.82) is 0 Å². The number of nitrogens with zero attached hydrogens (tertiary/aromatic N) is 1. The van der Waals surface area contributed by atoms with Gasteiger partial charge in [-0.15, -0.1) is 11.6 Å². The van der Waals surface area contributed by atoms with Crippen molar-refractivity contribution >= 4 is 17.3 Å². The van der Waals surface area contributed by atoms with E-state index in [1.807, 2.05) is 18.2 Å². The number of alkyl halides is 1. The van der Waals surface area contributed by atoms with Crippen LogP contribution in [0.3, 0.4) is 0 Å². The molecular formula is C11H12ClNO2. The molecule has 0 aromatic heterocycles. The van der Waals surface area contributed by atoms with Crippen LogP contribution in [0.4, 0.5) is 5.69 Å². The molecule has 15 heavy (non-hydrogen) atoms. The number of rotatable bonds is 4. The van der Waals surface area contributed by atoms with Crippen LogP contribution in [-0.2, 0) is 6.42 Å². The second-order valence-electron chi connectivity index (χ2n) is 3.15. The first-order valence-corrected chi connectivity index (χ1v) is 5.14. The van der Waals surface area contributed by atoms with Gasteiger partial charge in [0.2, 0.25) is 0 Å². The molecule has 0 aliphatic rings. The minimum Gasteiger partial charge on any atom is -0.258 e. The van der Waals surface area contributed by atoms with Gasteiger partial charge in [-0.2, -0.15) is 0 Å². The Kier molecular flexibility index (Phi) is 4.31. The maximum Gasteiger partial charge on any atom is 0.272 e. The SMILES string of the molecule is Cc1c(C/C=C/CCl)cccc1[N+](=O)[O-]. The number of allylic oxidation sites excluding steroid dienone is 2. The molecule has 0 fully saturated rings. The maximum absolute atomic E-state index is 10.7. The topological polar surface area (TPSA) is 43.1 Å². The fourth-order valence-electron chi connectivity index (χ4n) is 1.36. The summed E-state index contributed by atoms with van der Waals surface area (Å²) in [6, 6.07) is 5.11. The first-order chi connectivity index (χ1) is 7.16. The van der Waals surface area contributed by atoms with Gasteiger partial charge in [-0.05, 0) is 18.9 Å². The number of benzene rings is 1. The first kappa shape index (κ1) is 11.7. The summed E-state index contributed by atoms with van der Waals surface area (Å²) in [6.07, 6.45) is 4.43. The predicted molar refractivity (Wildman–Crippen MR) is 61.4 cm³/mol. The predicted octanol–water partition coefficient (Wildman–Crippen LogP) is 3.24. The van der Waals surface area contributed by atoms with Crippen molar-refractivity contribution in [1.82, 2.24) is 0 Å². The molecule has 3 nitrogen and oxygen atoms in total. The van der Waals surface area contributed by atoms with E-state index in [9.17, 15) is 10.1 Å². The minimum absolute atomic E-state index is 0.173. The molecular weight excluding hydrogens is 214 g/mol. The zero-order valence-electron chi connectivity index (χ0n) is 8.44. The standard InChI is InChI=1S/C11H12ClNO2/c1-9-10(5-2-3-8-12)6-4-7-11(9)13(14)15/h2-4,6-7H,5,8H2,1H3/b3-2+. The molecule has 80 valence electrons. The third-order valence-corrected chi connectivity index (χ3v) is 2.39. The molecule has 0 saturated carbocycles. The molecule has 1 rings (SSSR count). The van der Waals surface area contributed by atoms with E-state index >= 15 is 0 Å². The second-order valence-corrected chi connectivity index (χ2v) is 3.46. The molecule has 0 saturated heterocycles. The summed E-state index contributed by atoms with van der Waals surface area (Å²) in [7, 11) is 0. The van der Waals surface area contributed by atoms with E-state index in [1.54, 1.807) is 13.0 Å². The van der Waals surface area contributed by atoms with E-state index in [0.717, 1.165) is 11.1 Å². The summed E-state index contributed by atoms with van der Waals surface area (Å²) in [6.45, 7) is 1.77. The summed E-state index contributed by atoms with van der Waals surface area (Å²) in [4.78, 5) is 10.3. The highest BCUT2D eigenvalue weighted by Gasteiger charge is 2.11. The van der Waals surface area contributed by atoms with Gasteiger partial charge in [-0.1, -0.05) is 24.3 Å². The lowest BCUT2D eigenvalue weighted by molar-refractivity contribution is -0.385. The van der Waals surface area contributed by atoms with Crippen molar-refractivity contribution in [3.63, 3.8) is 0 Å². The third-order valence-electron chi connectivity index (χ3n) is 2.21. The molecule has 0 radical (unpaired) electrons. The largest absolute Gasteiger partial charge is 0.272 e. The smallest absolute Gasteiger partial charge is 0.258 e. The van der Waals surface area contributed by atoms with Gasteiger partial charge in [0.15, 0.2) is 0 Å². The molecule has 1 aromatic rings. The van der Waals surface area contributed by atoms with E-state index in [0.29, 0.717) is 12.3 Å². The third kappa shape index (κ3) is 3.06. The van der Waals surface area contributed by atoms with Crippen molar-refractivity contribution < 1.29 is 4.92 Å².